The predicted octanol–water partition coefficient (Wildman–Crippen LogP) is 3.31. The van der Waals surface area contributed by atoms with E-state index in [2.05, 4.69) is 12.2 Å². The van der Waals surface area contributed by atoms with Crippen LogP contribution in [0.1, 0.15) is 32.8 Å². The third-order valence-electron chi connectivity index (χ3n) is 3.73. The molecule has 19 heavy (non-hydrogen) atoms. The summed E-state index contributed by atoms with van der Waals surface area (Å²) in [5.41, 5.74) is 0.789. The summed E-state index contributed by atoms with van der Waals surface area (Å²) in [4.78, 5) is 1.85. The zero-order chi connectivity index (χ0) is 14.0. The van der Waals surface area contributed by atoms with E-state index in [-0.39, 0.29) is 11.7 Å². The molecule has 1 aromatic carbocycles. The minimum absolute atomic E-state index is 0.136. The Balaban J connectivity index is 2.26. The van der Waals surface area contributed by atoms with E-state index in [9.17, 15) is 8.78 Å². The monoisotopic (exact) mass is 268 g/mol. The van der Waals surface area contributed by atoms with E-state index in [1.54, 1.807) is 0 Å². The number of nitrogens with zero attached hydrogens (tertiary/aromatic N) is 1. The molecule has 0 amide bonds. The summed E-state index contributed by atoms with van der Waals surface area (Å²) in [6.45, 7) is 8.11. The lowest BCUT2D eigenvalue weighted by molar-refractivity contribution is 0.562. The van der Waals surface area contributed by atoms with Gasteiger partial charge in [-0.3, -0.25) is 0 Å². The maximum absolute atomic E-state index is 14.2. The minimum atomic E-state index is -0.450. The Morgan fingerprint density at radius 2 is 1.89 bits per heavy atom. The number of halogens is 2. The van der Waals surface area contributed by atoms with Crippen LogP contribution < -0.4 is 10.2 Å². The molecule has 0 saturated carbocycles. The minimum Gasteiger partial charge on any atom is -0.364 e. The SMILES string of the molecule is CCNCc1cc(F)c(N2CC(C)CC2C)c(F)c1. The van der Waals surface area contributed by atoms with Gasteiger partial charge in [-0.1, -0.05) is 13.8 Å². The van der Waals surface area contributed by atoms with Crippen LogP contribution >= 0.6 is 0 Å². The highest BCUT2D eigenvalue weighted by Gasteiger charge is 2.30. The number of hydrogen-bond donors (Lipinski definition) is 1. The normalized spacial score (nSPS) is 23.1. The third kappa shape index (κ3) is 3.06. The topological polar surface area (TPSA) is 15.3 Å². The van der Waals surface area contributed by atoms with Gasteiger partial charge in [0.15, 0.2) is 0 Å². The van der Waals surface area contributed by atoms with Gasteiger partial charge in [-0.25, -0.2) is 8.78 Å². The average molecular weight is 268 g/mol. The number of rotatable bonds is 4. The van der Waals surface area contributed by atoms with Crippen LogP contribution in [0.25, 0.3) is 0 Å². The molecule has 2 unspecified atom stereocenters. The van der Waals surface area contributed by atoms with Crippen LogP contribution in [0, 0.1) is 17.6 Å². The molecule has 0 aliphatic carbocycles. The summed E-state index contributed by atoms with van der Waals surface area (Å²) < 4.78 is 28.4. The Labute approximate surface area is 113 Å². The number of hydrogen-bond acceptors (Lipinski definition) is 2. The van der Waals surface area contributed by atoms with Gasteiger partial charge < -0.3 is 10.2 Å². The van der Waals surface area contributed by atoms with Crippen LogP contribution in [0.5, 0.6) is 0 Å². The predicted molar refractivity (Wildman–Crippen MR) is 74.3 cm³/mol. The largest absolute Gasteiger partial charge is 0.364 e. The van der Waals surface area contributed by atoms with E-state index in [4.69, 9.17) is 0 Å². The average Bonchev–Trinajstić information content (AvgIpc) is 2.65. The van der Waals surface area contributed by atoms with E-state index < -0.39 is 11.6 Å². The molecule has 1 saturated heterocycles. The highest BCUT2D eigenvalue weighted by molar-refractivity contribution is 5.52. The Morgan fingerprint density at radius 1 is 1.26 bits per heavy atom. The molecule has 2 nitrogen and oxygen atoms in total. The van der Waals surface area contributed by atoms with Gasteiger partial charge >= 0.3 is 0 Å². The van der Waals surface area contributed by atoms with Gasteiger partial charge in [0, 0.05) is 19.1 Å². The van der Waals surface area contributed by atoms with Gasteiger partial charge in [0.05, 0.1) is 0 Å². The van der Waals surface area contributed by atoms with Crippen LogP contribution in [-0.2, 0) is 6.54 Å². The summed E-state index contributed by atoms with van der Waals surface area (Å²) in [6, 6.07) is 3.08. The summed E-state index contributed by atoms with van der Waals surface area (Å²) in [6.07, 6.45) is 0.984. The number of benzene rings is 1. The van der Waals surface area contributed by atoms with Crippen LogP contribution in [-0.4, -0.2) is 19.1 Å². The summed E-state index contributed by atoms with van der Waals surface area (Å²) in [5.74, 6) is -0.419. The fourth-order valence-corrected chi connectivity index (χ4v) is 2.88. The molecule has 0 bridgehead atoms. The first kappa shape index (κ1) is 14.3. The highest BCUT2D eigenvalue weighted by Crippen LogP contribution is 2.33. The van der Waals surface area contributed by atoms with Crippen molar-refractivity contribution in [3.8, 4) is 0 Å². The fraction of sp³-hybridized carbons (Fsp3) is 0.600. The first-order chi connectivity index (χ1) is 9.02. The molecule has 2 atom stereocenters. The molecule has 0 radical (unpaired) electrons. The van der Waals surface area contributed by atoms with Crippen molar-refractivity contribution in [3.05, 3.63) is 29.3 Å². The van der Waals surface area contributed by atoms with Crippen LogP contribution in [0.15, 0.2) is 12.1 Å². The Kier molecular flexibility index (Phi) is 4.40. The summed E-state index contributed by atoms with van der Waals surface area (Å²) in [5, 5.41) is 3.08. The van der Waals surface area contributed by atoms with Gasteiger partial charge in [0.1, 0.15) is 17.3 Å². The van der Waals surface area contributed by atoms with Gasteiger partial charge in [0.2, 0.25) is 0 Å². The molecule has 1 heterocycles. The molecule has 1 aliphatic rings. The highest BCUT2D eigenvalue weighted by atomic mass is 19.1. The van der Waals surface area contributed by atoms with Gasteiger partial charge in [-0.15, -0.1) is 0 Å². The van der Waals surface area contributed by atoms with E-state index in [0.29, 0.717) is 18.0 Å². The van der Waals surface area contributed by atoms with Crippen molar-refractivity contribution in [3.63, 3.8) is 0 Å². The molecule has 2 rings (SSSR count). The fourth-order valence-electron chi connectivity index (χ4n) is 2.88. The second-order valence-corrected chi connectivity index (χ2v) is 5.53. The molecule has 0 aromatic heterocycles. The van der Waals surface area contributed by atoms with Gasteiger partial charge in [0.25, 0.3) is 0 Å². The molecular formula is C15H22F2N2. The standard InChI is InChI=1S/C15H22F2N2/c1-4-18-8-12-6-13(16)15(14(17)7-12)19-9-10(2)5-11(19)3/h6-7,10-11,18H,4-5,8-9H2,1-3H3. The van der Waals surface area contributed by atoms with Crippen LogP contribution in [0.3, 0.4) is 0 Å². The van der Waals surface area contributed by atoms with E-state index in [1.807, 2.05) is 18.7 Å². The molecule has 106 valence electrons. The van der Waals surface area contributed by atoms with E-state index in [0.717, 1.165) is 19.5 Å². The quantitative estimate of drug-likeness (QED) is 0.901. The molecule has 1 N–H and O–H groups in total. The van der Waals surface area contributed by atoms with Crippen molar-refractivity contribution in [2.24, 2.45) is 5.92 Å². The van der Waals surface area contributed by atoms with Crippen LogP contribution in [0.4, 0.5) is 14.5 Å². The smallest absolute Gasteiger partial charge is 0.149 e. The van der Waals surface area contributed by atoms with Crippen molar-refractivity contribution >= 4 is 5.69 Å². The number of anilines is 1. The van der Waals surface area contributed by atoms with Gasteiger partial charge in [-0.05, 0) is 43.5 Å². The maximum atomic E-state index is 14.2. The van der Waals surface area contributed by atoms with Crippen molar-refractivity contribution in [1.29, 1.82) is 0 Å². The van der Waals surface area contributed by atoms with Crippen molar-refractivity contribution in [2.45, 2.75) is 39.8 Å². The van der Waals surface area contributed by atoms with E-state index in [1.165, 1.54) is 12.1 Å². The molecule has 1 aromatic rings. The lowest BCUT2D eigenvalue weighted by Crippen LogP contribution is -2.28. The van der Waals surface area contributed by atoms with Crippen molar-refractivity contribution in [2.75, 3.05) is 18.0 Å². The Morgan fingerprint density at radius 3 is 2.37 bits per heavy atom. The zero-order valence-corrected chi connectivity index (χ0v) is 11.8. The first-order valence-corrected chi connectivity index (χ1v) is 6.98. The van der Waals surface area contributed by atoms with Crippen LogP contribution in [0.2, 0.25) is 0 Å². The zero-order valence-electron chi connectivity index (χ0n) is 11.8. The Hall–Kier alpha value is -1.16. The number of nitrogens with one attached hydrogen (secondary N) is 1. The van der Waals surface area contributed by atoms with Crippen molar-refractivity contribution < 1.29 is 8.78 Å². The second kappa shape index (κ2) is 5.87. The van der Waals surface area contributed by atoms with Crippen molar-refractivity contribution in [1.82, 2.24) is 5.32 Å². The lowest BCUT2D eigenvalue weighted by atomic mass is 10.1. The first-order valence-electron chi connectivity index (χ1n) is 6.98. The molecule has 1 aliphatic heterocycles. The third-order valence-corrected chi connectivity index (χ3v) is 3.73. The second-order valence-electron chi connectivity index (χ2n) is 5.53. The molecule has 1 fully saturated rings. The lowest BCUT2D eigenvalue weighted by Gasteiger charge is -2.25. The van der Waals surface area contributed by atoms with E-state index >= 15 is 0 Å². The maximum Gasteiger partial charge on any atom is 0.149 e. The Bertz CT molecular complexity index is 425. The summed E-state index contributed by atoms with van der Waals surface area (Å²) in [7, 11) is 0. The molecule has 4 heteroatoms. The van der Waals surface area contributed by atoms with Gasteiger partial charge in [-0.2, -0.15) is 0 Å². The molecule has 0 spiro atoms. The summed E-state index contributed by atoms with van der Waals surface area (Å²) >= 11 is 0. The molecular weight excluding hydrogens is 246 g/mol.